The smallest absolute Gasteiger partial charge is 0.240 e. The Bertz CT molecular complexity index is 490. The van der Waals surface area contributed by atoms with Crippen molar-refractivity contribution in [3.05, 3.63) is 17.0 Å². The SMILES string of the molecule is Cc1noc(C)c1CNC(=O)C1(C#N)CCOCC1. The standard InChI is InChI=1S/C13H17N3O3/c1-9-11(10(2)19-16-9)7-15-12(17)13(8-14)3-5-18-6-4-13/h3-7H2,1-2H3,(H,15,17). The molecule has 0 bridgehead atoms. The number of nitrogens with zero attached hydrogens (tertiary/aromatic N) is 2. The molecule has 0 aromatic carbocycles. The summed E-state index contributed by atoms with van der Waals surface area (Å²) in [6.45, 7) is 4.87. The Balaban J connectivity index is 2.03. The van der Waals surface area contributed by atoms with Gasteiger partial charge in [0.05, 0.1) is 11.8 Å². The van der Waals surface area contributed by atoms with Crippen LogP contribution in [-0.4, -0.2) is 24.3 Å². The molecule has 1 amide bonds. The molecule has 0 atom stereocenters. The average molecular weight is 263 g/mol. The number of carbonyl (C=O) groups is 1. The Hall–Kier alpha value is -1.87. The maximum absolute atomic E-state index is 12.2. The molecule has 0 saturated carbocycles. The minimum Gasteiger partial charge on any atom is -0.381 e. The van der Waals surface area contributed by atoms with Gasteiger partial charge in [-0.3, -0.25) is 4.79 Å². The zero-order chi connectivity index (χ0) is 13.9. The van der Waals surface area contributed by atoms with Crippen molar-refractivity contribution >= 4 is 5.91 Å². The van der Waals surface area contributed by atoms with E-state index in [1.807, 2.05) is 6.92 Å². The molecule has 1 saturated heterocycles. The predicted octanol–water partition coefficient (Wildman–Crippen LogP) is 1.23. The fraction of sp³-hybridized carbons (Fsp3) is 0.615. The van der Waals surface area contributed by atoms with Crippen LogP contribution >= 0.6 is 0 Å². The zero-order valence-electron chi connectivity index (χ0n) is 11.2. The van der Waals surface area contributed by atoms with Gasteiger partial charge in [-0.2, -0.15) is 5.26 Å². The van der Waals surface area contributed by atoms with Crippen molar-refractivity contribution in [1.29, 1.82) is 5.26 Å². The van der Waals surface area contributed by atoms with Crippen molar-refractivity contribution in [3.8, 4) is 6.07 Å². The number of amides is 1. The molecule has 1 aliphatic heterocycles. The minimum absolute atomic E-state index is 0.238. The molecular formula is C13H17N3O3. The van der Waals surface area contributed by atoms with Crippen LogP contribution in [-0.2, 0) is 16.1 Å². The lowest BCUT2D eigenvalue weighted by atomic mass is 9.81. The van der Waals surface area contributed by atoms with Gasteiger partial charge in [0, 0.05) is 25.3 Å². The van der Waals surface area contributed by atoms with E-state index in [0.29, 0.717) is 38.4 Å². The molecule has 0 aliphatic carbocycles. The Labute approximate surface area is 111 Å². The number of carbonyl (C=O) groups excluding carboxylic acids is 1. The van der Waals surface area contributed by atoms with Gasteiger partial charge in [0.1, 0.15) is 11.2 Å². The summed E-state index contributed by atoms with van der Waals surface area (Å²) in [5.74, 6) is 0.453. The van der Waals surface area contributed by atoms with Crippen molar-refractivity contribution < 1.29 is 14.1 Å². The molecule has 1 N–H and O–H groups in total. The summed E-state index contributed by atoms with van der Waals surface area (Å²) in [7, 11) is 0. The number of hydrogen-bond donors (Lipinski definition) is 1. The fourth-order valence-electron chi connectivity index (χ4n) is 2.20. The van der Waals surface area contributed by atoms with Gasteiger partial charge in [-0.15, -0.1) is 0 Å². The molecule has 6 heteroatoms. The summed E-state index contributed by atoms with van der Waals surface area (Å²) in [6.07, 6.45) is 0.883. The van der Waals surface area contributed by atoms with Crippen molar-refractivity contribution in [1.82, 2.24) is 10.5 Å². The molecule has 1 aromatic heterocycles. The Morgan fingerprint density at radius 3 is 2.68 bits per heavy atom. The van der Waals surface area contributed by atoms with Crippen LogP contribution in [0.2, 0.25) is 0 Å². The van der Waals surface area contributed by atoms with Crippen LogP contribution in [0.1, 0.15) is 29.9 Å². The molecule has 2 rings (SSSR count). The van der Waals surface area contributed by atoms with Crippen LogP contribution < -0.4 is 5.32 Å². The van der Waals surface area contributed by atoms with E-state index in [1.165, 1.54) is 0 Å². The molecule has 0 radical (unpaired) electrons. The van der Waals surface area contributed by atoms with E-state index in [-0.39, 0.29) is 5.91 Å². The first kappa shape index (κ1) is 13.6. The van der Waals surface area contributed by atoms with Crippen LogP contribution in [0.25, 0.3) is 0 Å². The summed E-state index contributed by atoms with van der Waals surface area (Å²) in [6, 6.07) is 2.15. The van der Waals surface area contributed by atoms with Gasteiger partial charge in [-0.1, -0.05) is 5.16 Å². The second kappa shape index (κ2) is 5.41. The van der Waals surface area contributed by atoms with Gasteiger partial charge >= 0.3 is 0 Å². The van der Waals surface area contributed by atoms with Crippen molar-refractivity contribution in [3.63, 3.8) is 0 Å². The topological polar surface area (TPSA) is 88.2 Å². The molecule has 0 unspecified atom stereocenters. The first-order valence-electron chi connectivity index (χ1n) is 6.28. The lowest BCUT2D eigenvalue weighted by Gasteiger charge is -2.29. The molecular weight excluding hydrogens is 246 g/mol. The van der Waals surface area contributed by atoms with Crippen LogP contribution in [0.3, 0.4) is 0 Å². The Kier molecular flexibility index (Phi) is 3.86. The zero-order valence-corrected chi connectivity index (χ0v) is 11.2. The quantitative estimate of drug-likeness (QED) is 0.886. The van der Waals surface area contributed by atoms with Crippen LogP contribution in [0.4, 0.5) is 0 Å². The number of nitrogens with one attached hydrogen (secondary N) is 1. The second-order valence-corrected chi connectivity index (χ2v) is 4.79. The molecule has 1 aliphatic rings. The van der Waals surface area contributed by atoms with Crippen LogP contribution in [0.5, 0.6) is 0 Å². The molecule has 6 nitrogen and oxygen atoms in total. The molecule has 19 heavy (non-hydrogen) atoms. The van der Waals surface area contributed by atoms with E-state index in [0.717, 1.165) is 11.3 Å². The van der Waals surface area contributed by atoms with E-state index < -0.39 is 5.41 Å². The fourth-order valence-corrected chi connectivity index (χ4v) is 2.20. The number of aryl methyl sites for hydroxylation is 2. The second-order valence-electron chi connectivity index (χ2n) is 4.79. The first-order valence-corrected chi connectivity index (χ1v) is 6.28. The van der Waals surface area contributed by atoms with Gasteiger partial charge in [0.2, 0.25) is 5.91 Å². The summed E-state index contributed by atoms with van der Waals surface area (Å²) < 4.78 is 10.2. The molecule has 1 fully saturated rings. The van der Waals surface area contributed by atoms with Crippen molar-refractivity contribution in [2.75, 3.05) is 13.2 Å². The summed E-state index contributed by atoms with van der Waals surface area (Å²) >= 11 is 0. The third kappa shape index (κ3) is 2.61. The number of ether oxygens (including phenoxy) is 1. The van der Waals surface area contributed by atoms with E-state index in [2.05, 4.69) is 16.5 Å². The van der Waals surface area contributed by atoms with Gasteiger partial charge < -0.3 is 14.6 Å². The predicted molar refractivity (Wildman–Crippen MR) is 65.9 cm³/mol. The highest BCUT2D eigenvalue weighted by Crippen LogP contribution is 2.30. The van der Waals surface area contributed by atoms with Crippen molar-refractivity contribution in [2.45, 2.75) is 33.2 Å². The highest BCUT2D eigenvalue weighted by molar-refractivity contribution is 5.85. The van der Waals surface area contributed by atoms with E-state index in [9.17, 15) is 10.1 Å². The monoisotopic (exact) mass is 263 g/mol. The lowest BCUT2D eigenvalue weighted by molar-refractivity contribution is -0.132. The lowest BCUT2D eigenvalue weighted by Crippen LogP contribution is -2.43. The number of nitriles is 1. The maximum atomic E-state index is 12.2. The van der Waals surface area contributed by atoms with Gasteiger partial charge in [0.25, 0.3) is 0 Å². The minimum atomic E-state index is -0.961. The molecule has 2 heterocycles. The first-order chi connectivity index (χ1) is 9.09. The normalized spacial score (nSPS) is 17.7. The Morgan fingerprint density at radius 1 is 1.47 bits per heavy atom. The third-order valence-electron chi connectivity index (χ3n) is 3.60. The summed E-state index contributed by atoms with van der Waals surface area (Å²) in [5.41, 5.74) is 0.668. The van der Waals surface area contributed by atoms with E-state index in [1.54, 1.807) is 6.92 Å². The van der Waals surface area contributed by atoms with E-state index in [4.69, 9.17) is 9.26 Å². The number of rotatable bonds is 3. The van der Waals surface area contributed by atoms with Gasteiger partial charge in [0.15, 0.2) is 0 Å². The average Bonchev–Trinajstić information content (AvgIpc) is 2.76. The van der Waals surface area contributed by atoms with Crippen molar-refractivity contribution in [2.24, 2.45) is 5.41 Å². The van der Waals surface area contributed by atoms with Gasteiger partial charge in [-0.25, -0.2) is 0 Å². The maximum Gasteiger partial charge on any atom is 0.240 e. The molecule has 1 aromatic rings. The van der Waals surface area contributed by atoms with Crippen LogP contribution in [0.15, 0.2) is 4.52 Å². The van der Waals surface area contributed by atoms with E-state index >= 15 is 0 Å². The number of hydrogen-bond acceptors (Lipinski definition) is 5. The highest BCUT2D eigenvalue weighted by Gasteiger charge is 2.40. The largest absolute Gasteiger partial charge is 0.381 e. The van der Waals surface area contributed by atoms with Gasteiger partial charge in [-0.05, 0) is 26.7 Å². The summed E-state index contributed by atoms with van der Waals surface area (Å²) in [4.78, 5) is 12.2. The van der Waals surface area contributed by atoms with Crippen LogP contribution in [0, 0.1) is 30.6 Å². The third-order valence-corrected chi connectivity index (χ3v) is 3.60. The number of aromatic nitrogens is 1. The highest BCUT2D eigenvalue weighted by atomic mass is 16.5. The Morgan fingerprint density at radius 2 is 2.16 bits per heavy atom. The molecule has 102 valence electrons. The summed E-state index contributed by atoms with van der Waals surface area (Å²) in [5, 5.41) is 15.9. The molecule has 0 spiro atoms.